The summed E-state index contributed by atoms with van der Waals surface area (Å²) >= 11 is 0. The molecular formula is C34H30N6O3. The molecule has 0 aliphatic carbocycles. The summed E-state index contributed by atoms with van der Waals surface area (Å²) in [5.41, 5.74) is 6.30. The normalized spacial score (nSPS) is 13.8. The molecule has 9 nitrogen and oxygen atoms in total. The molecule has 214 valence electrons. The minimum atomic E-state index is -0.221. The summed E-state index contributed by atoms with van der Waals surface area (Å²) < 4.78 is 1.81. The van der Waals surface area contributed by atoms with E-state index in [-0.39, 0.29) is 17.9 Å². The van der Waals surface area contributed by atoms with Crippen LogP contribution in [-0.4, -0.2) is 50.9 Å². The van der Waals surface area contributed by atoms with E-state index in [1.165, 1.54) is 0 Å². The van der Waals surface area contributed by atoms with Crippen molar-refractivity contribution in [3.8, 4) is 5.69 Å². The number of amides is 2. The van der Waals surface area contributed by atoms with Crippen LogP contribution in [0.3, 0.4) is 0 Å². The molecule has 0 spiro atoms. The first kappa shape index (κ1) is 26.5. The Balaban J connectivity index is 1.01. The molecule has 0 saturated carbocycles. The highest BCUT2D eigenvalue weighted by molar-refractivity contribution is 6.06. The fraction of sp³-hybridized carbons (Fsp3) is 0.147. The van der Waals surface area contributed by atoms with Gasteiger partial charge in [-0.2, -0.15) is 5.10 Å². The van der Waals surface area contributed by atoms with E-state index in [1.807, 2.05) is 85.1 Å². The molecule has 9 heteroatoms. The van der Waals surface area contributed by atoms with Crippen LogP contribution in [-0.2, 0) is 0 Å². The number of hydrogen-bond donors (Lipinski definition) is 4. The average molecular weight is 571 g/mol. The fourth-order valence-corrected chi connectivity index (χ4v) is 5.56. The largest absolute Gasteiger partial charge is 0.393 e. The molecule has 43 heavy (non-hydrogen) atoms. The Hall–Kier alpha value is -5.41. The van der Waals surface area contributed by atoms with Crippen molar-refractivity contribution in [3.63, 3.8) is 0 Å². The smallest absolute Gasteiger partial charge is 0.255 e. The summed E-state index contributed by atoms with van der Waals surface area (Å²) in [6, 6.07) is 28.2. The Bertz CT molecular complexity index is 1930. The number of H-pyrrole nitrogens is 1. The van der Waals surface area contributed by atoms with Gasteiger partial charge >= 0.3 is 0 Å². The first-order valence-electron chi connectivity index (χ1n) is 14.3. The van der Waals surface area contributed by atoms with Gasteiger partial charge in [0.05, 0.1) is 23.5 Å². The molecular weight excluding hydrogens is 540 g/mol. The summed E-state index contributed by atoms with van der Waals surface area (Å²) in [5.74, 6) is -0.373. The van der Waals surface area contributed by atoms with Crippen molar-refractivity contribution >= 4 is 50.7 Å². The third kappa shape index (κ3) is 5.45. The molecule has 4 N–H and O–H groups in total. The standard InChI is InChI=1S/C34H30N6O3/c41-30-14-17-39(18-15-30)28-7-1-22(2-8-28)33(42)38-27-6-12-32-25(20-27)21-36-40(32)29-9-3-23(4-10-29)34(43)37-26-5-11-31-24(19-26)13-16-35-31/h1-13,16,19-21,30,35,41H,14-15,17-18H2,(H,37,43)(H,38,42). The van der Waals surface area contributed by atoms with Crippen molar-refractivity contribution in [2.45, 2.75) is 18.9 Å². The maximum atomic E-state index is 12.9. The number of nitrogens with zero attached hydrogens (tertiary/aromatic N) is 3. The van der Waals surface area contributed by atoms with E-state index in [9.17, 15) is 14.7 Å². The van der Waals surface area contributed by atoms with Crippen LogP contribution >= 0.6 is 0 Å². The maximum Gasteiger partial charge on any atom is 0.255 e. The second-order valence-electron chi connectivity index (χ2n) is 10.8. The Morgan fingerprint density at radius 3 is 2.02 bits per heavy atom. The van der Waals surface area contributed by atoms with E-state index in [2.05, 4.69) is 25.6 Å². The van der Waals surface area contributed by atoms with Crippen LogP contribution in [0.5, 0.6) is 0 Å². The molecule has 3 heterocycles. The summed E-state index contributed by atoms with van der Waals surface area (Å²) in [7, 11) is 0. The predicted octanol–water partition coefficient (Wildman–Crippen LogP) is 5.97. The number of carbonyl (C=O) groups is 2. The number of aromatic nitrogens is 3. The third-order valence-corrected chi connectivity index (χ3v) is 7.97. The van der Waals surface area contributed by atoms with Gasteiger partial charge in [-0.05, 0) is 104 Å². The molecule has 1 saturated heterocycles. The quantitative estimate of drug-likeness (QED) is 0.197. The highest BCUT2D eigenvalue weighted by atomic mass is 16.3. The lowest BCUT2D eigenvalue weighted by Crippen LogP contribution is -2.35. The van der Waals surface area contributed by atoms with Gasteiger partial charge in [0.25, 0.3) is 11.8 Å². The molecule has 0 unspecified atom stereocenters. The van der Waals surface area contributed by atoms with Crippen LogP contribution < -0.4 is 15.5 Å². The van der Waals surface area contributed by atoms with Crippen molar-refractivity contribution in [3.05, 3.63) is 115 Å². The lowest BCUT2D eigenvalue weighted by Gasteiger charge is -2.31. The highest BCUT2D eigenvalue weighted by Crippen LogP contribution is 2.25. The fourth-order valence-electron chi connectivity index (χ4n) is 5.56. The monoisotopic (exact) mass is 570 g/mol. The lowest BCUT2D eigenvalue weighted by atomic mass is 10.1. The summed E-state index contributed by atoms with van der Waals surface area (Å²) in [5, 5.41) is 22.1. The molecule has 0 atom stereocenters. The van der Waals surface area contributed by atoms with Gasteiger partial charge in [-0.3, -0.25) is 9.59 Å². The lowest BCUT2D eigenvalue weighted by molar-refractivity contribution is 0.101. The molecule has 0 bridgehead atoms. The number of aliphatic hydroxyl groups excluding tert-OH is 1. The number of aromatic amines is 1. The minimum absolute atomic E-state index is 0.186. The van der Waals surface area contributed by atoms with Gasteiger partial charge in [0.15, 0.2) is 0 Å². The molecule has 1 fully saturated rings. The minimum Gasteiger partial charge on any atom is -0.393 e. The number of rotatable bonds is 6. The number of nitrogens with one attached hydrogen (secondary N) is 3. The zero-order chi connectivity index (χ0) is 29.3. The molecule has 1 aliphatic rings. The maximum absolute atomic E-state index is 12.9. The van der Waals surface area contributed by atoms with Crippen LogP contribution in [0.1, 0.15) is 33.6 Å². The van der Waals surface area contributed by atoms with Crippen molar-refractivity contribution in [2.24, 2.45) is 0 Å². The summed E-state index contributed by atoms with van der Waals surface area (Å²) in [4.78, 5) is 31.2. The molecule has 1 aliphatic heterocycles. The van der Waals surface area contributed by atoms with E-state index in [4.69, 9.17) is 0 Å². The number of piperidine rings is 1. The molecule has 2 amide bonds. The first-order valence-corrected chi connectivity index (χ1v) is 14.3. The number of carbonyl (C=O) groups excluding carboxylic acids is 2. The second kappa shape index (κ2) is 11.1. The number of fused-ring (bicyclic) bond motifs is 2. The van der Waals surface area contributed by atoms with Crippen LogP contribution in [0.15, 0.2) is 103 Å². The van der Waals surface area contributed by atoms with E-state index in [0.29, 0.717) is 16.8 Å². The highest BCUT2D eigenvalue weighted by Gasteiger charge is 2.18. The van der Waals surface area contributed by atoms with Gasteiger partial charge in [-0.1, -0.05) is 0 Å². The van der Waals surface area contributed by atoms with Crippen LogP contribution in [0, 0.1) is 0 Å². The van der Waals surface area contributed by atoms with Crippen molar-refractivity contribution < 1.29 is 14.7 Å². The van der Waals surface area contributed by atoms with Gasteiger partial charge < -0.3 is 25.6 Å². The van der Waals surface area contributed by atoms with Crippen LogP contribution in [0.4, 0.5) is 17.1 Å². The summed E-state index contributed by atoms with van der Waals surface area (Å²) in [6.07, 6.45) is 4.93. The third-order valence-electron chi connectivity index (χ3n) is 7.97. The van der Waals surface area contributed by atoms with Gasteiger partial charge in [-0.25, -0.2) is 4.68 Å². The Morgan fingerprint density at radius 1 is 0.744 bits per heavy atom. The van der Waals surface area contributed by atoms with Gasteiger partial charge in [-0.15, -0.1) is 0 Å². The Labute approximate surface area is 247 Å². The SMILES string of the molecule is O=C(Nc1ccc2[nH]ccc2c1)c1ccc(-n2ncc3cc(NC(=O)c4ccc(N5CCC(O)CC5)cc4)ccc32)cc1. The predicted molar refractivity (Wildman–Crippen MR) is 169 cm³/mol. The van der Waals surface area contributed by atoms with Gasteiger partial charge in [0.2, 0.25) is 0 Å². The first-order chi connectivity index (χ1) is 21.0. The van der Waals surface area contributed by atoms with Crippen molar-refractivity contribution in [1.29, 1.82) is 0 Å². The molecule has 2 aromatic heterocycles. The Morgan fingerprint density at radius 2 is 1.35 bits per heavy atom. The van der Waals surface area contributed by atoms with E-state index in [0.717, 1.165) is 64.8 Å². The molecule has 6 aromatic rings. The van der Waals surface area contributed by atoms with Gasteiger partial charge in [0, 0.05) is 63.8 Å². The zero-order valence-electron chi connectivity index (χ0n) is 23.3. The summed E-state index contributed by atoms with van der Waals surface area (Å²) in [6.45, 7) is 1.62. The second-order valence-corrected chi connectivity index (χ2v) is 10.8. The van der Waals surface area contributed by atoms with Gasteiger partial charge in [0.1, 0.15) is 0 Å². The topological polar surface area (TPSA) is 115 Å². The molecule has 0 radical (unpaired) electrons. The number of hydrogen-bond acceptors (Lipinski definition) is 5. The van der Waals surface area contributed by atoms with E-state index >= 15 is 0 Å². The average Bonchev–Trinajstić information content (AvgIpc) is 3.68. The Kier molecular flexibility index (Phi) is 6.84. The van der Waals surface area contributed by atoms with Crippen molar-refractivity contribution in [1.82, 2.24) is 14.8 Å². The van der Waals surface area contributed by atoms with E-state index < -0.39 is 0 Å². The van der Waals surface area contributed by atoms with Crippen LogP contribution in [0.2, 0.25) is 0 Å². The zero-order valence-corrected chi connectivity index (χ0v) is 23.3. The molecule has 7 rings (SSSR count). The van der Waals surface area contributed by atoms with Crippen LogP contribution in [0.25, 0.3) is 27.5 Å². The van der Waals surface area contributed by atoms with Crippen molar-refractivity contribution in [2.75, 3.05) is 28.6 Å². The number of aliphatic hydroxyl groups is 1. The molecule has 4 aromatic carbocycles. The number of anilines is 3. The number of benzene rings is 4. The van der Waals surface area contributed by atoms with E-state index in [1.54, 1.807) is 23.0 Å².